The Morgan fingerprint density at radius 1 is 1.86 bits per heavy atom. The molecule has 0 aliphatic rings. The quantitative estimate of drug-likeness (QED) is 0.506. The largest absolute Gasteiger partial charge is 0.368 e. The van der Waals surface area contributed by atoms with Crippen LogP contribution < -0.4 is 0 Å². The number of alkyl halides is 1. The summed E-state index contributed by atoms with van der Waals surface area (Å²) >= 11 is 3.01. The molecule has 0 aliphatic carbocycles. The zero-order valence-corrected chi connectivity index (χ0v) is 5.81. The monoisotopic (exact) mass is 168 g/mol. The summed E-state index contributed by atoms with van der Waals surface area (Å²) in [5.74, 6) is 0. The maximum absolute atomic E-state index is 8.61. The van der Waals surface area contributed by atoms with Gasteiger partial charge in [-0.2, -0.15) is 0 Å². The van der Waals surface area contributed by atoms with E-state index in [9.17, 15) is 0 Å². The molecule has 0 spiro atoms. The summed E-state index contributed by atoms with van der Waals surface area (Å²) < 4.78 is 4.66. The van der Waals surface area contributed by atoms with Crippen molar-refractivity contribution in [2.75, 3.05) is 5.52 Å². The van der Waals surface area contributed by atoms with E-state index in [0.29, 0.717) is 11.9 Å². The van der Waals surface area contributed by atoms with E-state index in [1.165, 1.54) is 0 Å². The van der Waals surface area contributed by atoms with Crippen molar-refractivity contribution in [3.05, 3.63) is 0 Å². The molecule has 0 saturated heterocycles. The van der Waals surface area contributed by atoms with Gasteiger partial charge in [0.25, 0.3) is 0 Å². The van der Waals surface area contributed by atoms with Gasteiger partial charge in [0.15, 0.2) is 6.29 Å². The van der Waals surface area contributed by atoms with Crippen LogP contribution in [0.1, 0.15) is 13.3 Å². The van der Waals surface area contributed by atoms with Crippen molar-refractivity contribution in [3.63, 3.8) is 0 Å². The van der Waals surface area contributed by atoms with E-state index in [2.05, 4.69) is 20.7 Å². The van der Waals surface area contributed by atoms with E-state index < -0.39 is 6.29 Å². The molecular weight excluding hydrogens is 160 g/mol. The highest BCUT2D eigenvalue weighted by molar-refractivity contribution is 9.09. The third-order valence-electron chi connectivity index (χ3n) is 0.605. The summed E-state index contributed by atoms with van der Waals surface area (Å²) in [7, 11) is 0. The first-order valence-corrected chi connectivity index (χ1v) is 3.29. The average Bonchev–Trinajstić information content (AvgIpc) is 1.68. The number of ether oxygens (including phenoxy) is 1. The van der Waals surface area contributed by atoms with E-state index in [4.69, 9.17) is 5.11 Å². The van der Waals surface area contributed by atoms with E-state index in [1.807, 2.05) is 6.92 Å². The molecule has 0 radical (unpaired) electrons. The Hall–Kier alpha value is 0.400. The zero-order chi connectivity index (χ0) is 5.70. The molecule has 0 bridgehead atoms. The van der Waals surface area contributed by atoms with E-state index in [1.54, 1.807) is 0 Å². The van der Waals surface area contributed by atoms with Gasteiger partial charge in [0.1, 0.15) is 5.52 Å². The number of aliphatic hydroxyl groups excluding tert-OH is 1. The lowest BCUT2D eigenvalue weighted by atomic mass is 10.5. The first-order valence-electron chi connectivity index (χ1n) is 2.17. The molecule has 0 fully saturated rings. The molecule has 3 heteroatoms. The summed E-state index contributed by atoms with van der Waals surface area (Å²) in [6.07, 6.45) is 0.0466. The fraction of sp³-hybridized carbons (Fsp3) is 1.00. The second-order valence-electron chi connectivity index (χ2n) is 1.14. The molecular formula is C4H9BrO2. The number of hydrogen-bond acceptors (Lipinski definition) is 2. The number of rotatable bonds is 3. The van der Waals surface area contributed by atoms with Crippen LogP contribution in [0.15, 0.2) is 0 Å². The van der Waals surface area contributed by atoms with Crippen molar-refractivity contribution in [3.8, 4) is 0 Å². The molecule has 1 atom stereocenters. The fourth-order valence-corrected chi connectivity index (χ4v) is 0.496. The SMILES string of the molecule is CCC(O)OCBr. The van der Waals surface area contributed by atoms with Crippen molar-refractivity contribution >= 4 is 15.9 Å². The topological polar surface area (TPSA) is 29.5 Å². The van der Waals surface area contributed by atoms with Crippen LogP contribution in [0.5, 0.6) is 0 Å². The molecule has 0 amide bonds. The molecule has 0 rings (SSSR count). The molecule has 0 aliphatic heterocycles. The summed E-state index contributed by atoms with van der Waals surface area (Å²) in [4.78, 5) is 0. The van der Waals surface area contributed by atoms with Crippen LogP contribution in [0.3, 0.4) is 0 Å². The van der Waals surface area contributed by atoms with Crippen LogP contribution in [0.2, 0.25) is 0 Å². The van der Waals surface area contributed by atoms with Gasteiger partial charge < -0.3 is 9.84 Å². The van der Waals surface area contributed by atoms with Crippen molar-refractivity contribution in [2.24, 2.45) is 0 Å². The van der Waals surface area contributed by atoms with Gasteiger partial charge in [0.05, 0.1) is 0 Å². The van der Waals surface area contributed by atoms with Crippen LogP contribution in [-0.4, -0.2) is 16.9 Å². The first-order chi connectivity index (χ1) is 3.31. The predicted molar refractivity (Wildman–Crippen MR) is 31.2 cm³/mol. The summed E-state index contributed by atoms with van der Waals surface area (Å²) in [6, 6.07) is 0. The van der Waals surface area contributed by atoms with Gasteiger partial charge in [-0.15, -0.1) is 0 Å². The highest BCUT2D eigenvalue weighted by Crippen LogP contribution is 1.93. The number of aliphatic hydroxyl groups is 1. The van der Waals surface area contributed by atoms with Gasteiger partial charge in [-0.3, -0.25) is 0 Å². The van der Waals surface area contributed by atoms with Crippen molar-refractivity contribution in [2.45, 2.75) is 19.6 Å². The van der Waals surface area contributed by atoms with E-state index in [-0.39, 0.29) is 0 Å². The van der Waals surface area contributed by atoms with Crippen LogP contribution in [0, 0.1) is 0 Å². The molecule has 7 heavy (non-hydrogen) atoms. The fourth-order valence-electron chi connectivity index (χ4n) is 0.191. The van der Waals surface area contributed by atoms with E-state index >= 15 is 0 Å². The molecule has 1 N–H and O–H groups in total. The smallest absolute Gasteiger partial charge is 0.155 e. The minimum absolute atomic E-state index is 0.405. The lowest BCUT2D eigenvalue weighted by Gasteiger charge is -2.03. The molecule has 0 aromatic rings. The van der Waals surface area contributed by atoms with Crippen LogP contribution >= 0.6 is 15.9 Å². The Morgan fingerprint density at radius 2 is 2.43 bits per heavy atom. The highest BCUT2D eigenvalue weighted by Gasteiger charge is 1.94. The standard InChI is InChI=1S/C4H9BrO2/c1-2-4(6)7-3-5/h4,6H,2-3H2,1H3. The second-order valence-corrected chi connectivity index (χ2v) is 1.60. The molecule has 0 aromatic heterocycles. The first kappa shape index (κ1) is 7.40. The maximum Gasteiger partial charge on any atom is 0.155 e. The summed E-state index contributed by atoms with van der Waals surface area (Å²) in [6.45, 7) is 1.85. The predicted octanol–water partition coefficient (Wildman–Crippen LogP) is 1.08. The van der Waals surface area contributed by atoms with Gasteiger partial charge in [-0.05, 0) is 6.42 Å². The summed E-state index contributed by atoms with van der Waals surface area (Å²) in [5.41, 5.74) is 0.405. The summed E-state index contributed by atoms with van der Waals surface area (Å²) in [5, 5.41) is 8.61. The van der Waals surface area contributed by atoms with Crippen LogP contribution in [0.4, 0.5) is 0 Å². The minimum Gasteiger partial charge on any atom is -0.368 e. The van der Waals surface area contributed by atoms with Gasteiger partial charge in [-0.1, -0.05) is 22.9 Å². The molecule has 0 aromatic carbocycles. The number of halogens is 1. The third kappa shape index (κ3) is 4.25. The van der Waals surface area contributed by atoms with E-state index in [0.717, 1.165) is 0 Å². The second kappa shape index (κ2) is 4.56. The molecule has 0 saturated carbocycles. The molecule has 1 unspecified atom stereocenters. The van der Waals surface area contributed by atoms with Crippen molar-refractivity contribution in [1.82, 2.24) is 0 Å². The van der Waals surface area contributed by atoms with Gasteiger partial charge in [0, 0.05) is 0 Å². The highest BCUT2D eigenvalue weighted by atomic mass is 79.9. The molecule has 44 valence electrons. The lowest BCUT2D eigenvalue weighted by molar-refractivity contribution is -0.0801. The van der Waals surface area contributed by atoms with Crippen LogP contribution in [0.25, 0.3) is 0 Å². The lowest BCUT2D eigenvalue weighted by Crippen LogP contribution is -2.07. The van der Waals surface area contributed by atoms with Gasteiger partial charge in [0.2, 0.25) is 0 Å². The normalized spacial score (nSPS) is 14.1. The molecule has 0 heterocycles. The zero-order valence-electron chi connectivity index (χ0n) is 4.22. The Labute approximate surface area is 51.6 Å². The Kier molecular flexibility index (Phi) is 4.82. The molecule has 2 nitrogen and oxygen atoms in total. The third-order valence-corrected chi connectivity index (χ3v) is 0.869. The van der Waals surface area contributed by atoms with Crippen molar-refractivity contribution in [1.29, 1.82) is 0 Å². The van der Waals surface area contributed by atoms with Gasteiger partial charge >= 0.3 is 0 Å². The minimum atomic E-state index is -0.598. The Morgan fingerprint density at radius 3 is 2.57 bits per heavy atom. The number of hydrogen-bond donors (Lipinski definition) is 1. The van der Waals surface area contributed by atoms with Crippen molar-refractivity contribution < 1.29 is 9.84 Å². The Balaban J connectivity index is 2.83. The Bertz CT molecular complexity index is 40.7. The van der Waals surface area contributed by atoms with Crippen LogP contribution in [-0.2, 0) is 4.74 Å². The van der Waals surface area contributed by atoms with Gasteiger partial charge in [-0.25, -0.2) is 0 Å². The average molecular weight is 169 g/mol. The maximum atomic E-state index is 8.61.